The van der Waals surface area contributed by atoms with Crippen LogP contribution >= 0.6 is 0 Å². The molecule has 4 rings (SSSR count). The summed E-state index contributed by atoms with van der Waals surface area (Å²) in [6, 6.07) is 5.80. The van der Waals surface area contributed by atoms with Crippen molar-refractivity contribution < 1.29 is 14.4 Å². The van der Waals surface area contributed by atoms with Gasteiger partial charge in [-0.05, 0) is 70.2 Å². The Labute approximate surface area is 239 Å². The number of likely N-dealkylation sites (tertiary alicyclic amines) is 2. The number of aliphatic imine (C=N–C) groups is 1. The number of carbonyl (C=O) groups is 3. The second-order valence-corrected chi connectivity index (χ2v) is 12.0. The molecule has 0 aromatic heterocycles. The zero-order valence-corrected chi connectivity index (χ0v) is 24.6. The summed E-state index contributed by atoms with van der Waals surface area (Å²) in [5, 5.41) is 0. The maximum absolute atomic E-state index is 12.8. The molecule has 1 amide bonds. The zero-order chi connectivity index (χ0) is 29.0. The van der Waals surface area contributed by atoms with E-state index in [0.29, 0.717) is 22.5 Å². The van der Waals surface area contributed by atoms with Gasteiger partial charge in [0.15, 0.2) is 11.6 Å². The van der Waals surface area contributed by atoms with E-state index in [9.17, 15) is 14.4 Å². The number of carbonyl (C=O) groups excluding carboxylic acids is 3. The number of allylic oxidation sites excluding steroid dienone is 2. The van der Waals surface area contributed by atoms with E-state index in [1.54, 1.807) is 26.1 Å². The molecule has 3 aliphatic heterocycles. The molecule has 216 valence electrons. The number of hydrogen-bond acceptors (Lipinski definition) is 7. The smallest absolute Gasteiger partial charge is 0.266 e. The normalized spacial score (nSPS) is 20.6. The minimum absolute atomic E-state index is 0.0501. The SMILES string of the molecule is C=C(C=N/C(=C\C)C(N)=O)N1CCC(CN2CCC3(C2)CN(c2ccc(C(=O)C(C)CC)c(C(C)=O)c2)C3)CC1. The van der Waals surface area contributed by atoms with E-state index in [-0.39, 0.29) is 23.2 Å². The van der Waals surface area contributed by atoms with Gasteiger partial charge < -0.3 is 20.4 Å². The molecular weight excluding hydrogens is 502 g/mol. The van der Waals surface area contributed by atoms with Crippen LogP contribution in [0.15, 0.2) is 47.2 Å². The Kier molecular flexibility index (Phi) is 9.29. The van der Waals surface area contributed by atoms with E-state index in [0.717, 1.165) is 76.5 Å². The number of nitrogens with zero attached hydrogens (tertiary/aromatic N) is 4. The summed E-state index contributed by atoms with van der Waals surface area (Å²) in [6.07, 6.45) is 7.45. The molecule has 1 atom stereocenters. The summed E-state index contributed by atoms with van der Waals surface area (Å²) >= 11 is 0. The lowest BCUT2D eigenvalue weighted by molar-refractivity contribution is -0.114. The number of nitrogens with two attached hydrogens (primary N) is 1. The van der Waals surface area contributed by atoms with Gasteiger partial charge in [-0.15, -0.1) is 0 Å². The first kappa shape index (κ1) is 29.7. The Balaban J connectivity index is 1.26. The van der Waals surface area contributed by atoms with Crippen LogP contribution in [-0.4, -0.2) is 79.3 Å². The maximum Gasteiger partial charge on any atom is 0.266 e. The number of rotatable bonds is 11. The van der Waals surface area contributed by atoms with E-state index in [4.69, 9.17) is 5.73 Å². The molecule has 1 aromatic carbocycles. The maximum atomic E-state index is 12.8. The van der Waals surface area contributed by atoms with Gasteiger partial charge in [0.05, 0.1) is 6.21 Å². The first-order valence-electron chi connectivity index (χ1n) is 14.7. The number of amides is 1. The Morgan fingerprint density at radius 1 is 1.15 bits per heavy atom. The van der Waals surface area contributed by atoms with E-state index in [1.807, 2.05) is 32.0 Å². The fourth-order valence-electron chi connectivity index (χ4n) is 6.35. The first-order chi connectivity index (χ1) is 19.1. The lowest BCUT2D eigenvalue weighted by Gasteiger charge is -2.50. The molecule has 8 nitrogen and oxygen atoms in total. The molecule has 1 aromatic rings. The molecule has 3 saturated heterocycles. The van der Waals surface area contributed by atoms with Crippen LogP contribution in [0.3, 0.4) is 0 Å². The van der Waals surface area contributed by atoms with Gasteiger partial charge in [0.1, 0.15) is 5.70 Å². The molecule has 0 radical (unpaired) electrons. The van der Waals surface area contributed by atoms with Crippen molar-refractivity contribution in [2.75, 3.05) is 50.7 Å². The highest BCUT2D eigenvalue weighted by atomic mass is 16.1. The van der Waals surface area contributed by atoms with Gasteiger partial charge >= 0.3 is 0 Å². The number of ketones is 2. The minimum Gasteiger partial charge on any atom is -0.371 e. The van der Waals surface area contributed by atoms with Gasteiger partial charge in [-0.25, -0.2) is 4.99 Å². The van der Waals surface area contributed by atoms with Crippen LogP contribution in [0, 0.1) is 17.3 Å². The third-order valence-electron chi connectivity index (χ3n) is 9.06. The lowest BCUT2D eigenvalue weighted by atomic mass is 9.78. The average molecular weight is 548 g/mol. The standard InChI is InChI=1S/C32H45N5O3/c1-6-22(3)30(39)27-9-8-26(16-28(27)24(5)38)37-20-32(21-37)12-15-35(19-32)18-25-10-13-36(14-11-25)23(4)17-34-29(7-2)31(33)40/h7-9,16-17,22,25H,4,6,10-15,18-21H2,1-3,5H3,(H2,33,40)/b29-7-,34-17?. The van der Waals surface area contributed by atoms with Crippen molar-refractivity contribution in [3.8, 4) is 0 Å². The summed E-state index contributed by atoms with van der Waals surface area (Å²) in [6.45, 7) is 18.6. The van der Waals surface area contributed by atoms with Crippen LogP contribution in [-0.2, 0) is 4.79 Å². The summed E-state index contributed by atoms with van der Waals surface area (Å²) in [4.78, 5) is 48.0. The zero-order valence-electron chi connectivity index (χ0n) is 24.6. The molecule has 0 bridgehead atoms. The summed E-state index contributed by atoms with van der Waals surface area (Å²) in [5.74, 6) is 0.0550. The molecule has 3 aliphatic rings. The quantitative estimate of drug-likeness (QED) is 0.252. The lowest BCUT2D eigenvalue weighted by Crippen LogP contribution is -2.58. The van der Waals surface area contributed by atoms with Crippen molar-refractivity contribution in [2.45, 2.75) is 53.4 Å². The fraction of sp³-hybridized carbons (Fsp3) is 0.562. The van der Waals surface area contributed by atoms with Gasteiger partial charge in [0, 0.05) is 73.1 Å². The summed E-state index contributed by atoms with van der Waals surface area (Å²) in [5.41, 5.74) is 8.87. The molecule has 0 saturated carbocycles. The molecule has 0 aliphatic carbocycles. The Hall–Kier alpha value is -3.26. The average Bonchev–Trinajstić information content (AvgIpc) is 3.35. The van der Waals surface area contributed by atoms with Crippen LogP contribution < -0.4 is 10.6 Å². The van der Waals surface area contributed by atoms with Crippen molar-refractivity contribution >= 4 is 29.4 Å². The summed E-state index contributed by atoms with van der Waals surface area (Å²) in [7, 11) is 0. The molecule has 1 unspecified atom stereocenters. The third kappa shape index (κ3) is 6.54. The topological polar surface area (TPSA) is 99.3 Å². The summed E-state index contributed by atoms with van der Waals surface area (Å²) < 4.78 is 0. The van der Waals surface area contributed by atoms with Gasteiger partial charge in [-0.2, -0.15) is 0 Å². The number of benzene rings is 1. The van der Waals surface area contributed by atoms with Crippen LogP contribution in [0.4, 0.5) is 5.69 Å². The van der Waals surface area contributed by atoms with Crippen LogP contribution in [0.1, 0.15) is 74.1 Å². The molecule has 3 fully saturated rings. The second-order valence-electron chi connectivity index (χ2n) is 12.0. The Bertz CT molecular complexity index is 1200. The van der Waals surface area contributed by atoms with Crippen molar-refractivity contribution in [3.05, 3.63) is 53.4 Å². The van der Waals surface area contributed by atoms with Crippen LogP contribution in [0.2, 0.25) is 0 Å². The number of piperidine rings is 1. The molecule has 40 heavy (non-hydrogen) atoms. The number of Topliss-reactive ketones (excluding diaryl/α,β-unsaturated/α-hetero) is 2. The first-order valence-corrected chi connectivity index (χ1v) is 14.7. The van der Waals surface area contributed by atoms with Gasteiger partial charge in [-0.1, -0.05) is 26.5 Å². The predicted molar refractivity (Wildman–Crippen MR) is 161 cm³/mol. The molecular formula is C32H45N5O3. The van der Waals surface area contributed by atoms with Crippen LogP contribution in [0.25, 0.3) is 0 Å². The predicted octanol–water partition coefficient (Wildman–Crippen LogP) is 4.32. The highest BCUT2D eigenvalue weighted by molar-refractivity contribution is 6.09. The molecule has 3 heterocycles. The number of hydrogen-bond donors (Lipinski definition) is 1. The number of anilines is 1. The van der Waals surface area contributed by atoms with Crippen molar-refractivity contribution in [1.29, 1.82) is 0 Å². The van der Waals surface area contributed by atoms with Gasteiger partial charge in [0.25, 0.3) is 5.91 Å². The Morgan fingerprint density at radius 3 is 2.45 bits per heavy atom. The Morgan fingerprint density at radius 2 is 1.85 bits per heavy atom. The van der Waals surface area contributed by atoms with Gasteiger partial charge in [0.2, 0.25) is 0 Å². The van der Waals surface area contributed by atoms with E-state index < -0.39 is 5.91 Å². The number of primary amides is 1. The monoisotopic (exact) mass is 547 g/mol. The fourth-order valence-corrected chi connectivity index (χ4v) is 6.35. The highest BCUT2D eigenvalue weighted by Gasteiger charge is 2.48. The third-order valence-corrected chi connectivity index (χ3v) is 9.06. The minimum atomic E-state index is -0.532. The molecule has 2 N–H and O–H groups in total. The largest absolute Gasteiger partial charge is 0.371 e. The van der Waals surface area contributed by atoms with Crippen molar-refractivity contribution in [2.24, 2.45) is 28.0 Å². The van der Waals surface area contributed by atoms with E-state index in [1.165, 1.54) is 6.42 Å². The van der Waals surface area contributed by atoms with Crippen molar-refractivity contribution in [3.63, 3.8) is 0 Å². The second kappa shape index (κ2) is 12.5. The van der Waals surface area contributed by atoms with E-state index in [2.05, 4.69) is 26.3 Å². The molecule has 1 spiro atoms. The van der Waals surface area contributed by atoms with Gasteiger partial charge in [-0.3, -0.25) is 14.4 Å². The highest BCUT2D eigenvalue weighted by Crippen LogP contribution is 2.42. The van der Waals surface area contributed by atoms with Crippen molar-refractivity contribution in [1.82, 2.24) is 9.80 Å². The van der Waals surface area contributed by atoms with Crippen LogP contribution in [0.5, 0.6) is 0 Å². The molecule has 8 heteroatoms. The van der Waals surface area contributed by atoms with E-state index >= 15 is 0 Å².